The van der Waals surface area contributed by atoms with E-state index in [0.29, 0.717) is 11.5 Å². The third kappa shape index (κ3) is 3.28. The molecule has 0 aliphatic carbocycles. The Morgan fingerprint density at radius 3 is 2.55 bits per heavy atom. The van der Waals surface area contributed by atoms with Crippen molar-refractivity contribution in [3.05, 3.63) is 29.8 Å². The van der Waals surface area contributed by atoms with Gasteiger partial charge in [-0.15, -0.1) is 0 Å². The van der Waals surface area contributed by atoms with Crippen LogP contribution in [0.5, 0.6) is 0 Å². The summed E-state index contributed by atoms with van der Waals surface area (Å²) in [6.45, 7) is 1.43. The quantitative estimate of drug-likeness (QED) is 0.864. The Hall–Kier alpha value is -1.62. The van der Waals surface area contributed by atoms with Crippen LogP contribution in [0.3, 0.4) is 0 Å². The first-order valence-electron chi connectivity index (χ1n) is 6.85. The van der Waals surface area contributed by atoms with Crippen LogP contribution in [0, 0.1) is 5.92 Å². The number of thiocarbonyl (C=S) groups is 1. The minimum atomic E-state index is 0.0660. The fraction of sp³-hybridized carbons (Fsp3) is 0.467. The predicted molar refractivity (Wildman–Crippen MR) is 86.2 cm³/mol. The van der Waals surface area contributed by atoms with Crippen LogP contribution in [-0.2, 0) is 0 Å². The molecule has 0 saturated carbocycles. The zero-order valence-corrected chi connectivity index (χ0v) is 12.8. The maximum Gasteiger partial charge on any atom is 0.253 e. The molecule has 20 heavy (non-hydrogen) atoms. The van der Waals surface area contributed by atoms with Gasteiger partial charge >= 0.3 is 0 Å². The number of amides is 1. The van der Waals surface area contributed by atoms with Gasteiger partial charge in [0.25, 0.3) is 5.91 Å². The average molecular weight is 291 g/mol. The Morgan fingerprint density at radius 2 is 2.00 bits per heavy atom. The van der Waals surface area contributed by atoms with Crippen LogP contribution >= 0.6 is 12.2 Å². The van der Waals surface area contributed by atoms with Gasteiger partial charge < -0.3 is 15.5 Å². The first kappa shape index (κ1) is 14.8. The summed E-state index contributed by atoms with van der Waals surface area (Å²) in [6.07, 6.45) is 1.95. The Balaban J connectivity index is 2.08. The van der Waals surface area contributed by atoms with E-state index in [9.17, 15) is 4.79 Å². The molecule has 1 heterocycles. The van der Waals surface area contributed by atoms with Crippen LogP contribution in [0.1, 0.15) is 23.2 Å². The van der Waals surface area contributed by atoms with Gasteiger partial charge in [-0.25, -0.2) is 0 Å². The van der Waals surface area contributed by atoms with Gasteiger partial charge in [0.2, 0.25) is 0 Å². The first-order chi connectivity index (χ1) is 9.49. The fourth-order valence-electron chi connectivity index (χ4n) is 2.48. The molecule has 1 aliphatic heterocycles. The lowest BCUT2D eigenvalue weighted by Crippen LogP contribution is -2.43. The van der Waals surface area contributed by atoms with Crippen molar-refractivity contribution >= 4 is 28.8 Å². The summed E-state index contributed by atoms with van der Waals surface area (Å²) in [5.41, 5.74) is 7.52. The number of anilines is 1. The molecular weight excluding hydrogens is 270 g/mol. The number of benzene rings is 1. The highest BCUT2D eigenvalue weighted by Gasteiger charge is 2.25. The van der Waals surface area contributed by atoms with Crippen molar-refractivity contribution in [3.8, 4) is 0 Å². The zero-order valence-electron chi connectivity index (χ0n) is 12.0. The number of rotatable bonds is 3. The topological polar surface area (TPSA) is 49.6 Å². The number of hydrogen-bond acceptors (Lipinski definition) is 3. The third-order valence-corrected chi connectivity index (χ3v) is 4.07. The molecule has 1 aliphatic rings. The van der Waals surface area contributed by atoms with E-state index >= 15 is 0 Å². The number of carbonyl (C=O) groups excluding carboxylic acids is 1. The third-order valence-electron chi connectivity index (χ3n) is 3.74. The van der Waals surface area contributed by atoms with Crippen molar-refractivity contribution in [2.24, 2.45) is 11.7 Å². The van der Waals surface area contributed by atoms with Gasteiger partial charge in [-0.05, 0) is 37.1 Å². The molecule has 0 aromatic heterocycles. The van der Waals surface area contributed by atoms with E-state index in [4.69, 9.17) is 18.0 Å². The van der Waals surface area contributed by atoms with E-state index in [-0.39, 0.29) is 11.8 Å². The van der Waals surface area contributed by atoms with Crippen LogP contribution in [0.4, 0.5) is 5.69 Å². The molecule has 0 bridgehead atoms. The largest absolute Gasteiger partial charge is 0.393 e. The van der Waals surface area contributed by atoms with Gasteiger partial charge in [0.1, 0.15) is 0 Å². The highest BCUT2D eigenvalue weighted by atomic mass is 32.1. The molecule has 1 fully saturated rings. The minimum Gasteiger partial charge on any atom is -0.393 e. The second-order valence-electron chi connectivity index (χ2n) is 5.43. The Labute approximate surface area is 125 Å². The second kappa shape index (κ2) is 6.22. The number of nitrogens with zero attached hydrogens (tertiary/aromatic N) is 2. The summed E-state index contributed by atoms with van der Waals surface area (Å²) in [5.74, 6) is 0.222. The summed E-state index contributed by atoms with van der Waals surface area (Å²) < 4.78 is 0. The lowest BCUT2D eigenvalue weighted by atomic mass is 9.97. The van der Waals surface area contributed by atoms with E-state index in [1.165, 1.54) is 0 Å². The van der Waals surface area contributed by atoms with Gasteiger partial charge in [-0.3, -0.25) is 4.79 Å². The summed E-state index contributed by atoms with van der Waals surface area (Å²) in [4.78, 5) is 16.9. The zero-order chi connectivity index (χ0) is 14.7. The summed E-state index contributed by atoms with van der Waals surface area (Å²) in [6, 6.07) is 7.68. The summed E-state index contributed by atoms with van der Waals surface area (Å²) in [7, 11) is 3.96. The number of hydrogen-bond donors (Lipinski definition) is 1. The molecule has 1 unspecified atom stereocenters. The van der Waals surface area contributed by atoms with E-state index in [2.05, 4.69) is 0 Å². The molecule has 108 valence electrons. The molecule has 4 nitrogen and oxygen atoms in total. The number of piperidine rings is 1. The van der Waals surface area contributed by atoms with Gasteiger partial charge in [0, 0.05) is 44.4 Å². The smallest absolute Gasteiger partial charge is 0.253 e. The molecule has 1 atom stereocenters. The molecule has 1 saturated heterocycles. The van der Waals surface area contributed by atoms with E-state index in [0.717, 1.165) is 30.6 Å². The van der Waals surface area contributed by atoms with Crippen molar-refractivity contribution in [2.45, 2.75) is 12.8 Å². The van der Waals surface area contributed by atoms with Crippen LogP contribution in [0.25, 0.3) is 0 Å². The van der Waals surface area contributed by atoms with Gasteiger partial charge in [0.15, 0.2) is 0 Å². The number of nitrogens with two attached hydrogens (primary N) is 1. The predicted octanol–water partition coefficient (Wildman–Crippen LogP) is 1.89. The number of carbonyl (C=O) groups is 1. The Bertz CT molecular complexity index is 498. The van der Waals surface area contributed by atoms with Crippen molar-refractivity contribution in [1.82, 2.24) is 4.90 Å². The maximum absolute atomic E-state index is 12.5. The SMILES string of the molecule is CN(C)c1ccc(C(=O)N2CCCC(C(N)=S)C2)cc1. The van der Waals surface area contributed by atoms with Crippen LogP contribution in [-0.4, -0.2) is 43.0 Å². The highest BCUT2D eigenvalue weighted by Crippen LogP contribution is 2.20. The molecule has 0 spiro atoms. The normalized spacial score (nSPS) is 18.7. The van der Waals surface area contributed by atoms with Crippen molar-refractivity contribution < 1.29 is 4.79 Å². The van der Waals surface area contributed by atoms with E-state index < -0.39 is 0 Å². The van der Waals surface area contributed by atoms with Crippen molar-refractivity contribution in [1.29, 1.82) is 0 Å². The standard InChI is InChI=1S/C15H21N3OS/c1-17(2)13-7-5-11(6-8-13)15(19)18-9-3-4-12(10-18)14(16)20/h5-8,12H,3-4,9-10H2,1-2H3,(H2,16,20). The van der Waals surface area contributed by atoms with Crippen molar-refractivity contribution in [2.75, 3.05) is 32.1 Å². The molecule has 1 aromatic rings. The van der Waals surface area contributed by atoms with Crippen molar-refractivity contribution in [3.63, 3.8) is 0 Å². The van der Waals surface area contributed by atoms with Gasteiger partial charge in [-0.1, -0.05) is 12.2 Å². The Morgan fingerprint density at radius 1 is 1.35 bits per heavy atom. The average Bonchev–Trinajstić information content (AvgIpc) is 2.46. The molecular formula is C15H21N3OS. The van der Waals surface area contributed by atoms with Crippen LogP contribution < -0.4 is 10.6 Å². The second-order valence-corrected chi connectivity index (χ2v) is 5.91. The molecule has 5 heteroatoms. The Kier molecular flexibility index (Phi) is 4.60. The molecule has 2 rings (SSSR count). The van der Waals surface area contributed by atoms with Crippen LogP contribution in [0.15, 0.2) is 24.3 Å². The van der Waals surface area contributed by atoms with E-state index in [1.54, 1.807) is 0 Å². The highest BCUT2D eigenvalue weighted by molar-refractivity contribution is 7.80. The molecule has 0 radical (unpaired) electrons. The molecule has 1 amide bonds. The lowest BCUT2D eigenvalue weighted by molar-refractivity contribution is 0.0703. The molecule has 2 N–H and O–H groups in total. The van der Waals surface area contributed by atoms with Gasteiger partial charge in [-0.2, -0.15) is 0 Å². The minimum absolute atomic E-state index is 0.0660. The lowest BCUT2D eigenvalue weighted by Gasteiger charge is -2.32. The number of likely N-dealkylation sites (tertiary alicyclic amines) is 1. The summed E-state index contributed by atoms with van der Waals surface area (Å²) >= 11 is 5.05. The van der Waals surface area contributed by atoms with E-state index in [1.807, 2.05) is 48.2 Å². The monoisotopic (exact) mass is 291 g/mol. The van der Waals surface area contributed by atoms with Crippen LogP contribution in [0.2, 0.25) is 0 Å². The van der Waals surface area contributed by atoms with Gasteiger partial charge in [0.05, 0.1) is 4.99 Å². The first-order valence-corrected chi connectivity index (χ1v) is 7.26. The maximum atomic E-state index is 12.5. The summed E-state index contributed by atoms with van der Waals surface area (Å²) in [5, 5.41) is 0. The fourth-order valence-corrected chi connectivity index (χ4v) is 2.67. The molecule has 1 aromatic carbocycles.